The van der Waals surface area contributed by atoms with Crippen LogP contribution in [-0.2, 0) is 18.6 Å². The second-order valence-corrected chi connectivity index (χ2v) is 8.98. The third kappa shape index (κ3) is 4.97. The van der Waals surface area contributed by atoms with Gasteiger partial charge in [-0.25, -0.2) is 4.98 Å². The monoisotopic (exact) mass is 470 g/mol. The fourth-order valence-electron chi connectivity index (χ4n) is 3.91. The summed E-state index contributed by atoms with van der Waals surface area (Å²) >= 11 is 18.3. The van der Waals surface area contributed by atoms with Gasteiger partial charge in [0.1, 0.15) is 5.60 Å². The van der Waals surface area contributed by atoms with Gasteiger partial charge in [0, 0.05) is 23.8 Å². The first-order valence-corrected chi connectivity index (χ1v) is 11.0. The maximum Gasteiger partial charge on any atom is 0.112 e. The van der Waals surface area contributed by atoms with Crippen LogP contribution in [-0.4, -0.2) is 14.7 Å². The smallest absolute Gasteiger partial charge is 0.112 e. The molecule has 0 aliphatic heterocycles. The molecule has 1 N–H and O–H groups in total. The predicted molar refractivity (Wildman–Crippen MR) is 128 cm³/mol. The molecule has 3 aromatic carbocycles. The van der Waals surface area contributed by atoms with Gasteiger partial charge in [0.05, 0.1) is 22.9 Å². The van der Waals surface area contributed by atoms with Crippen LogP contribution in [0.3, 0.4) is 0 Å². The van der Waals surface area contributed by atoms with E-state index < -0.39 is 5.60 Å². The van der Waals surface area contributed by atoms with Gasteiger partial charge in [0.15, 0.2) is 0 Å². The van der Waals surface area contributed by atoms with Crippen molar-refractivity contribution >= 4 is 34.8 Å². The Kier molecular flexibility index (Phi) is 6.40. The van der Waals surface area contributed by atoms with Crippen LogP contribution in [0.1, 0.15) is 16.7 Å². The number of aryl methyl sites for hydroxylation is 1. The lowest BCUT2D eigenvalue weighted by Gasteiger charge is -2.31. The van der Waals surface area contributed by atoms with Crippen LogP contribution < -0.4 is 0 Å². The first-order valence-electron chi connectivity index (χ1n) is 9.83. The Morgan fingerprint density at radius 1 is 0.903 bits per heavy atom. The quantitative estimate of drug-likeness (QED) is 0.330. The van der Waals surface area contributed by atoms with Crippen LogP contribution in [0.25, 0.3) is 11.1 Å². The standard InChI is InChI=1S/C25H21Cl3N2O/c1-17-12-20(19-3-6-21(26)7-4-19)5-8-22(17)25(31,15-30-11-10-29-16-30)14-18-2-9-23(27)24(28)13-18/h2-13,16,31H,14-15H2,1H3. The van der Waals surface area contributed by atoms with Gasteiger partial charge in [-0.3, -0.25) is 0 Å². The predicted octanol–water partition coefficient (Wildman–Crippen LogP) is 6.95. The fourth-order valence-corrected chi connectivity index (χ4v) is 4.36. The number of imidazole rings is 1. The van der Waals surface area contributed by atoms with E-state index in [9.17, 15) is 5.11 Å². The van der Waals surface area contributed by atoms with Crippen molar-refractivity contribution in [1.29, 1.82) is 0 Å². The van der Waals surface area contributed by atoms with Crippen molar-refractivity contribution in [2.45, 2.75) is 25.5 Å². The molecule has 6 heteroatoms. The molecule has 1 unspecified atom stereocenters. The van der Waals surface area contributed by atoms with Crippen LogP contribution in [0, 0.1) is 6.92 Å². The first kappa shape index (κ1) is 21.9. The molecule has 4 rings (SSSR count). The molecule has 1 atom stereocenters. The molecule has 4 aromatic rings. The molecule has 158 valence electrons. The van der Waals surface area contributed by atoms with Gasteiger partial charge in [0.2, 0.25) is 0 Å². The maximum atomic E-state index is 11.9. The summed E-state index contributed by atoms with van der Waals surface area (Å²) in [5.74, 6) is 0. The second-order valence-electron chi connectivity index (χ2n) is 7.73. The molecule has 0 aliphatic carbocycles. The van der Waals surface area contributed by atoms with Crippen molar-refractivity contribution in [3.63, 3.8) is 0 Å². The van der Waals surface area contributed by atoms with Crippen molar-refractivity contribution < 1.29 is 5.11 Å². The van der Waals surface area contributed by atoms with Crippen molar-refractivity contribution in [2.75, 3.05) is 0 Å². The zero-order chi connectivity index (χ0) is 22.0. The SMILES string of the molecule is Cc1cc(-c2ccc(Cl)cc2)ccc1C(O)(Cc1ccc(Cl)c(Cl)c1)Cn1ccnc1. The normalized spacial score (nSPS) is 13.2. The molecule has 0 aliphatic rings. The molecule has 0 saturated carbocycles. The van der Waals surface area contributed by atoms with Gasteiger partial charge in [-0.2, -0.15) is 0 Å². The molecule has 1 heterocycles. The summed E-state index contributed by atoms with van der Waals surface area (Å²) in [6, 6.07) is 19.3. The number of rotatable bonds is 6. The summed E-state index contributed by atoms with van der Waals surface area (Å²) in [4.78, 5) is 4.12. The van der Waals surface area contributed by atoms with E-state index in [-0.39, 0.29) is 0 Å². The molecule has 0 amide bonds. The topological polar surface area (TPSA) is 38.0 Å². The number of nitrogens with zero attached hydrogens (tertiary/aromatic N) is 2. The molecule has 0 bridgehead atoms. The average Bonchev–Trinajstić information content (AvgIpc) is 3.24. The number of benzene rings is 3. The van der Waals surface area contributed by atoms with Crippen molar-refractivity contribution in [3.05, 3.63) is 111 Å². The number of hydrogen-bond donors (Lipinski definition) is 1. The molecule has 0 spiro atoms. The highest BCUT2D eigenvalue weighted by Crippen LogP contribution is 2.34. The Labute approximate surface area is 196 Å². The van der Waals surface area contributed by atoms with Gasteiger partial charge in [-0.05, 0) is 59.0 Å². The number of hydrogen-bond acceptors (Lipinski definition) is 2. The summed E-state index contributed by atoms with van der Waals surface area (Å²) in [6.07, 6.45) is 5.63. The highest BCUT2D eigenvalue weighted by Gasteiger charge is 2.32. The molecular weight excluding hydrogens is 451 g/mol. The first-order chi connectivity index (χ1) is 14.8. The summed E-state index contributed by atoms with van der Waals surface area (Å²) in [7, 11) is 0. The molecule has 3 nitrogen and oxygen atoms in total. The summed E-state index contributed by atoms with van der Waals surface area (Å²) in [6.45, 7) is 2.37. The van der Waals surface area contributed by atoms with E-state index in [1.807, 2.05) is 60.2 Å². The molecule has 0 radical (unpaired) electrons. The van der Waals surface area contributed by atoms with Gasteiger partial charge >= 0.3 is 0 Å². The summed E-state index contributed by atoms with van der Waals surface area (Å²) < 4.78 is 1.88. The lowest BCUT2D eigenvalue weighted by atomic mass is 9.83. The number of aliphatic hydroxyl groups is 1. The van der Waals surface area contributed by atoms with Crippen molar-refractivity contribution in [3.8, 4) is 11.1 Å². The Morgan fingerprint density at radius 3 is 2.29 bits per heavy atom. The third-order valence-corrected chi connectivity index (χ3v) is 6.38. The summed E-state index contributed by atoms with van der Waals surface area (Å²) in [5, 5.41) is 13.6. The minimum Gasteiger partial charge on any atom is -0.383 e. The van der Waals surface area contributed by atoms with Gasteiger partial charge in [-0.15, -0.1) is 0 Å². The zero-order valence-corrected chi connectivity index (χ0v) is 19.2. The van der Waals surface area contributed by atoms with Gasteiger partial charge in [-0.1, -0.05) is 71.2 Å². The Hall–Kier alpha value is -2.30. The molecule has 0 saturated heterocycles. The molecule has 31 heavy (non-hydrogen) atoms. The average molecular weight is 472 g/mol. The largest absolute Gasteiger partial charge is 0.383 e. The fraction of sp³-hybridized carbons (Fsp3) is 0.160. The number of halogens is 3. The molecule has 0 fully saturated rings. The van der Waals surface area contributed by atoms with Gasteiger partial charge in [0.25, 0.3) is 0 Å². The third-order valence-electron chi connectivity index (χ3n) is 5.39. The highest BCUT2D eigenvalue weighted by atomic mass is 35.5. The Bertz CT molecular complexity index is 1190. The van der Waals surface area contributed by atoms with Crippen LogP contribution in [0.15, 0.2) is 79.4 Å². The molecule has 1 aromatic heterocycles. The lowest BCUT2D eigenvalue weighted by Crippen LogP contribution is -2.34. The van der Waals surface area contributed by atoms with E-state index >= 15 is 0 Å². The van der Waals surface area contributed by atoms with Crippen LogP contribution >= 0.6 is 34.8 Å². The minimum absolute atomic E-state index is 0.356. The lowest BCUT2D eigenvalue weighted by molar-refractivity contribution is 0.0180. The van der Waals surface area contributed by atoms with E-state index in [1.54, 1.807) is 24.7 Å². The highest BCUT2D eigenvalue weighted by molar-refractivity contribution is 6.42. The minimum atomic E-state index is -1.17. The van der Waals surface area contributed by atoms with E-state index in [0.29, 0.717) is 28.0 Å². The van der Waals surface area contributed by atoms with Gasteiger partial charge < -0.3 is 9.67 Å². The second kappa shape index (κ2) is 9.05. The van der Waals surface area contributed by atoms with Crippen LogP contribution in [0.4, 0.5) is 0 Å². The van der Waals surface area contributed by atoms with Crippen molar-refractivity contribution in [2.24, 2.45) is 0 Å². The van der Waals surface area contributed by atoms with Crippen LogP contribution in [0.2, 0.25) is 15.1 Å². The summed E-state index contributed by atoms with van der Waals surface area (Å²) in [5.41, 5.74) is 3.72. The van der Waals surface area contributed by atoms with E-state index in [0.717, 1.165) is 27.8 Å². The number of aromatic nitrogens is 2. The Balaban J connectivity index is 1.73. The zero-order valence-electron chi connectivity index (χ0n) is 16.9. The Morgan fingerprint density at radius 2 is 1.65 bits per heavy atom. The molecular formula is C25H21Cl3N2O. The van der Waals surface area contributed by atoms with Crippen molar-refractivity contribution in [1.82, 2.24) is 9.55 Å². The van der Waals surface area contributed by atoms with E-state index in [1.165, 1.54) is 0 Å². The van der Waals surface area contributed by atoms with E-state index in [2.05, 4.69) is 11.1 Å². The van der Waals surface area contributed by atoms with Crippen LogP contribution in [0.5, 0.6) is 0 Å². The maximum absolute atomic E-state index is 11.9. The van der Waals surface area contributed by atoms with E-state index in [4.69, 9.17) is 34.8 Å².